The Morgan fingerprint density at radius 2 is 2.21 bits per heavy atom. The molecule has 2 rings (SSSR count). The predicted molar refractivity (Wildman–Crippen MR) is 80.5 cm³/mol. The van der Waals surface area contributed by atoms with Gasteiger partial charge in [0.25, 0.3) is 0 Å². The van der Waals surface area contributed by atoms with Crippen molar-refractivity contribution in [3.63, 3.8) is 0 Å². The van der Waals surface area contributed by atoms with Crippen LogP contribution in [0.3, 0.4) is 0 Å². The number of nitrogens with two attached hydrogens (primary N) is 1. The number of amides is 1. The summed E-state index contributed by atoms with van der Waals surface area (Å²) < 4.78 is 0.737. The molecule has 0 radical (unpaired) electrons. The van der Waals surface area contributed by atoms with Gasteiger partial charge in [0.05, 0.1) is 10.2 Å². The molecular weight excluding hydrogens is 306 g/mol. The first-order chi connectivity index (χ1) is 9.15. The summed E-state index contributed by atoms with van der Waals surface area (Å²) in [6.07, 6.45) is 6.40. The van der Waals surface area contributed by atoms with E-state index >= 15 is 0 Å². The molecule has 0 atom stereocenters. The molecule has 0 unspecified atom stereocenters. The quantitative estimate of drug-likeness (QED) is 0.675. The van der Waals surface area contributed by atoms with Crippen LogP contribution in [-0.4, -0.2) is 10.9 Å². The van der Waals surface area contributed by atoms with Crippen molar-refractivity contribution < 1.29 is 4.79 Å². The van der Waals surface area contributed by atoms with Gasteiger partial charge in [-0.25, -0.2) is 0 Å². The Labute approximate surface area is 119 Å². The maximum atomic E-state index is 11.8. The van der Waals surface area contributed by atoms with Crippen LogP contribution < -0.4 is 11.1 Å². The summed E-state index contributed by atoms with van der Waals surface area (Å²) in [5.41, 5.74) is 7.88. The molecule has 1 aromatic carbocycles. The lowest BCUT2D eigenvalue weighted by atomic mass is 10.2. The van der Waals surface area contributed by atoms with Gasteiger partial charge in [-0.3, -0.25) is 9.78 Å². The van der Waals surface area contributed by atoms with E-state index in [4.69, 9.17) is 5.73 Å². The summed E-state index contributed by atoms with van der Waals surface area (Å²) in [6.45, 7) is 0. The van der Waals surface area contributed by atoms with Gasteiger partial charge >= 0.3 is 0 Å². The summed E-state index contributed by atoms with van der Waals surface area (Å²) in [5.74, 6) is -0.214. The van der Waals surface area contributed by atoms with Gasteiger partial charge in [-0.05, 0) is 45.8 Å². The number of pyridine rings is 1. The van der Waals surface area contributed by atoms with Crippen molar-refractivity contribution in [2.75, 3.05) is 11.1 Å². The molecule has 3 N–H and O–H groups in total. The van der Waals surface area contributed by atoms with Gasteiger partial charge in [0.1, 0.15) is 0 Å². The molecule has 4 nitrogen and oxygen atoms in total. The van der Waals surface area contributed by atoms with Crippen LogP contribution in [0, 0.1) is 0 Å². The van der Waals surface area contributed by atoms with Crippen LogP contribution >= 0.6 is 15.9 Å². The van der Waals surface area contributed by atoms with Crippen molar-refractivity contribution in [2.24, 2.45) is 0 Å². The smallest absolute Gasteiger partial charge is 0.248 e. The minimum absolute atomic E-state index is 0.214. The van der Waals surface area contributed by atoms with Gasteiger partial charge in [0.2, 0.25) is 5.91 Å². The lowest BCUT2D eigenvalue weighted by Gasteiger charge is -2.03. The summed E-state index contributed by atoms with van der Waals surface area (Å²) in [5, 5.41) is 2.75. The zero-order valence-corrected chi connectivity index (χ0v) is 11.6. The Morgan fingerprint density at radius 3 is 2.95 bits per heavy atom. The Kier molecular flexibility index (Phi) is 4.30. The van der Waals surface area contributed by atoms with E-state index in [0.29, 0.717) is 11.4 Å². The minimum atomic E-state index is -0.214. The van der Waals surface area contributed by atoms with Crippen molar-refractivity contribution in [2.45, 2.75) is 0 Å². The molecule has 0 fully saturated rings. The van der Waals surface area contributed by atoms with Crippen LogP contribution in [0.2, 0.25) is 0 Å². The van der Waals surface area contributed by atoms with Crippen LogP contribution in [0.15, 0.2) is 53.3 Å². The molecule has 5 heteroatoms. The first-order valence-corrected chi connectivity index (χ1v) is 6.38. The molecule has 0 saturated carbocycles. The molecule has 0 aliphatic heterocycles. The number of nitrogens with one attached hydrogen (secondary N) is 1. The van der Waals surface area contributed by atoms with Crippen LogP contribution in [-0.2, 0) is 4.79 Å². The molecule has 0 aliphatic carbocycles. The number of hydrogen-bond acceptors (Lipinski definition) is 3. The molecule has 2 aromatic rings. The number of rotatable bonds is 3. The predicted octanol–water partition coefficient (Wildman–Crippen LogP) is 3.08. The molecule has 96 valence electrons. The van der Waals surface area contributed by atoms with Crippen molar-refractivity contribution in [1.29, 1.82) is 0 Å². The number of nitrogen functional groups attached to an aromatic ring is 1. The van der Waals surface area contributed by atoms with Crippen LogP contribution in [0.1, 0.15) is 5.56 Å². The standard InChI is InChI=1S/C14H12BrN3O/c15-12-9-17-7-6-13(12)18-14(19)5-4-10-2-1-3-11(16)8-10/h1-9H,16H2,(H,17,18,19)/b5-4+. The summed E-state index contributed by atoms with van der Waals surface area (Å²) in [6, 6.07) is 9.03. The summed E-state index contributed by atoms with van der Waals surface area (Å²) in [7, 11) is 0. The lowest BCUT2D eigenvalue weighted by molar-refractivity contribution is -0.111. The van der Waals surface area contributed by atoms with Crippen LogP contribution in [0.4, 0.5) is 11.4 Å². The largest absolute Gasteiger partial charge is 0.399 e. The third-order valence-electron chi connectivity index (χ3n) is 2.37. The van der Waals surface area contributed by atoms with Crippen molar-refractivity contribution in [3.8, 4) is 0 Å². The molecule has 0 spiro atoms. The Balaban J connectivity index is 2.04. The van der Waals surface area contributed by atoms with E-state index in [0.717, 1.165) is 10.0 Å². The first-order valence-electron chi connectivity index (χ1n) is 5.59. The van der Waals surface area contributed by atoms with Crippen LogP contribution in [0.25, 0.3) is 6.08 Å². The Hall–Kier alpha value is -2.14. The van der Waals surface area contributed by atoms with Gasteiger partial charge in [-0.15, -0.1) is 0 Å². The highest BCUT2D eigenvalue weighted by atomic mass is 79.9. The number of carbonyl (C=O) groups is 1. The highest BCUT2D eigenvalue weighted by Gasteiger charge is 2.01. The van der Waals surface area contributed by atoms with E-state index in [9.17, 15) is 4.79 Å². The summed E-state index contributed by atoms with van der Waals surface area (Å²) >= 11 is 3.31. The second kappa shape index (κ2) is 6.15. The average Bonchev–Trinajstić information content (AvgIpc) is 2.39. The zero-order chi connectivity index (χ0) is 13.7. The van der Waals surface area contributed by atoms with Crippen molar-refractivity contribution in [1.82, 2.24) is 4.98 Å². The molecule has 19 heavy (non-hydrogen) atoms. The average molecular weight is 318 g/mol. The van der Waals surface area contributed by atoms with Gasteiger partial charge in [-0.2, -0.15) is 0 Å². The molecule has 1 amide bonds. The number of nitrogens with zero attached hydrogens (tertiary/aromatic N) is 1. The van der Waals surface area contributed by atoms with E-state index in [-0.39, 0.29) is 5.91 Å². The third kappa shape index (κ3) is 3.93. The van der Waals surface area contributed by atoms with Gasteiger partial charge < -0.3 is 11.1 Å². The SMILES string of the molecule is Nc1cccc(/C=C/C(=O)Nc2ccncc2Br)c1. The van der Waals surface area contributed by atoms with Crippen molar-refractivity contribution in [3.05, 3.63) is 58.8 Å². The topological polar surface area (TPSA) is 68.0 Å². The van der Waals surface area contributed by atoms with E-state index < -0.39 is 0 Å². The van der Waals surface area contributed by atoms with E-state index in [1.807, 2.05) is 12.1 Å². The fourth-order valence-corrected chi connectivity index (χ4v) is 1.84. The minimum Gasteiger partial charge on any atom is -0.399 e. The van der Waals surface area contributed by atoms with Gasteiger partial charge in [0, 0.05) is 24.2 Å². The fourth-order valence-electron chi connectivity index (χ4n) is 1.49. The molecule has 0 saturated heterocycles. The number of hydrogen-bond donors (Lipinski definition) is 2. The molecule has 0 aliphatic rings. The van der Waals surface area contributed by atoms with Gasteiger partial charge in [-0.1, -0.05) is 12.1 Å². The van der Waals surface area contributed by atoms with Crippen LogP contribution in [0.5, 0.6) is 0 Å². The molecule has 0 bridgehead atoms. The maximum Gasteiger partial charge on any atom is 0.248 e. The summed E-state index contributed by atoms with van der Waals surface area (Å²) in [4.78, 5) is 15.7. The lowest BCUT2D eigenvalue weighted by Crippen LogP contribution is -2.08. The third-order valence-corrected chi connectivity index (χ3v) is 3.00. The Bertz CT molecular complexity index is 626. The molecule has 1 heterocycles. The number of aromatic nitrogens is 1. The maximum absolute atomic E-state index is 11.8. The number of carbonyl (C=O) groups excluding carboxylic acids is 1. The number of halogens is 1. The fraction of sp³-hybridized carbons (Fsp3) is 0. The monoisotopic (exact) mass is 317 g/mol. The Morgan fingerprint density at radius 1 is 1.37 bits per heavy atom. The number of benzene rings is 1. The first kappa shape index (κ1) is 13.3. The zero-order valence-electron chi connectivity index (χ0n) is 10.0. The van der Waals surface area contributed by atoms with Gasteiger partial charge in [0.15, 0.2) is 0 Å². The second-order valence-electron chi connectivity index (χ2n) is 3.85. The normalized spacial score (nSPS) is 10.6. The molecular formula is C14H12BrN3O. The van der Waals surface area contributed by atoms with E-state index in [1.54, 1.807) is 36.7 Å². The highest BCUT2D eigenvalue weighted by molar-refractivity contribution is 9.10. The number of anilines is 2. The molecule has 1 aromatic heterocycles. The van der Waals surface area contributed by atoms with E-state index in [1.165, 1.54) is 6.08 Å². The highest BCUT2D eigenvalue weighted by Crippen LogP contribution is 2.19. The second-order valence-corrected chi connectivity index (χ2v) is 4.70. The van der Waals surface area contributed by atoms with Crippen molar-refractivity contribution >= 4 is 39.3 Å². The van der Waals surface area contributed by atoms with E-state index in [2.05, 4.69) is 26.2 Å².